The number of aliphatic hydroxyl groups is 1. The summed E-state index contributed by atoms with van der Waals surface area (Å²) in [6.07, 6.45) is 16.1. The maximum Gasteiger partial charge on any atom is 0.0568 e. The topological polar surface area (TPSA) is 20.2 Å². The quantitative estimate of drug-likeness (QED) is 0.422. The van der Waals surface area contributed by atoms with Gasteiger partial charge in [-0.1, -0.05) is 73.0 Å². The molecule has 0 spiro atoms. The second kappa shape index (κ2) is 8.81. The van der Waals surface area contributed by atoms with Gasteiger partial charge < -0.3 is 5.11 Å². The van der Waals surface area contributed by atoms with Crippen LogP contribution in [0.1, 0.15) is 113 Å². The Bertz CT molecular complexity index is 663. The minimum atomic E-state index is -0.0728. The van der Waals surface area contributed by atoms with Gasteiger partial charge in [0.25, 0.3) is 0 Å². The van der Waals surface area contributed by atoms with E-state index in [0.717, 1.165) is 41.9 Å². The van der Waals surface area contributed by atoms with Gasteiger partial charge in [0.1, 0.15) is 0 Å². The third-order valence-corrected chi connectivity index (χ3v) is 11.8. The zero-order valence-electron chi connectivity index (χ0n) is 21.8. The van der Waals surface area contributed by atoms with Crippen molar-refractivity contribution in [2.75, 3.05) is 0 Å². The van der Waals surface area contributed by atoms with Gasteiger partial charge in [0.2, 0.25) is 0 Å². The van der Waals surface area contributed by atoms with Crippen LogP contribution in [0, 0.1) is 58.2 Å². The summed E-state index contributed by atoms with van der Waals surface area (Å²) in [5, 5.41) is 10.5. The third kappa shape index (κ3) is 3.87. The first kappa shape index (κ1) is 23.8. The molecule has 4 aliphatic carbocycles. The number of rotatable bonds is 6. The molecule has 0 radical (unpaired) electrons. The normalized spacial score (nSPS) is 46.7. The van der Waals surface area contributed by atoms with Gasteiger partial charge in [-0.15, -0.1) is 0 Å². The van der Waals surface area contributed by atoms with Gasteiger partial charge in [0.15, 0.2) is 0 Å². The lowest BCUT2D eigenvalue weighted by molar-refractivity contribution is -0.0774. The van der Waals surface area contributed by atoms with E-state index in [1.54, 1.807) is 0 Å². The van der Waals surface area contributed by atoms with Gasteiger partial charge >= 0.3 is 0 Å². The summed E-state index contributed by atoms with van der Waals surface area (Å²) in [5.41, 5.74) is 2.84. The van der Waals surface area contributed by atoms with E-state index < -0.39 is 0 Å². The molecule has 178 valence electrons. The molecular formula is C30H52O. The van der Waals surface area contributed by atoms with E-state index >= 15 is 0 Å². The number of hydrogen-bond donors (Lipinski definition) is 1. The van der Waals surface area contributed by atoms with Crippen LogP contribution < -0.4 is 0 Å². The van der Waals surface area contributed by atoms with Crippen molar-refractivity contribution in [3.8, 4) is 0 Å². The van der Waals surface area contributed by atoms with Crippen molar-refractivity contribution in [2.24, 2.45) is 58.2 Å². The minimum absolute atomic E-state index is 0.0728. The van der Waals surface area contributed by atoms with Gasteiger partial charge in [0.05, 0.1) is 6.10 Å². The van der Waals surface area contributed by atoms with Gasteiger partial charge in [-0.05, 0) is 110 Å². The zero-order valence-corrected chi connectivity index (χ0v) is 21.8. The maximum atomic E-state index is 10.5. The second-order valence-corrected chi connectivity index (χ2v) is 13.3. The third-order valence-electron chi connectivity index (χ3n) is 11.8. The first-order valence-electron chi connectivity index (χ1n) is 14.0. The highest BCUT2D eigenvalue weighted by Gasteiger charge is 2.59. The molecule has 3 fully saturated rings. The summed E-state index contributed by atoms with van der Waals surface area (Å²) < 4.78 is 0. The summed E-state index contributed by atoms with van der Waals surface area (Å²) >= 11 is 0. The smallest absolute Gasteiger partial charge is 0.0568 e. The van der Waals surface area contributed by atoms with Gasteiger partial charge in [-0.25, -0.2) is 0 Å². The van der Waals surface area contributed by atoms with Gasteiger partial charge in [-0.3, -0.25) is 0 Å². The van der Waals surface area contributed by atoms with E-state index in [9.17, 15) is 5.11 Å². The molecule has 0 aliphatic heterocycles. The molecule has 31 heavy (non-hydrogen) atoms. The molecule has 4 aliphatic rings. The van der Waals surface area contributed by atoms with Crippen molar-refractivity contribution in [1.82, 2.24) is 0 Å². The molecule has 0 heterocycles. The molecule has 1 nitrogen and oxygen atoms in total. The van der Waals surface area contributed by atoms with E-state index in [0.29, 0.717) is 22.7 Å². The molecular weight excluding hydrogens is 376 g/mol. The lowest BCUT2D eigenvalue weighted by Crippen LogP contribution is -2.52. The molecule has 3 saturated carbocycles. The van der Waals surface area contributed by atoms with E-state index in [2.05, 4.69) is 54.5 Å². The summed E-state index contributed by atoms with van der Waals surface area (Å²) in [6, 6.07) is 0. The van der Waals surface area contributed by atoms with Gasteiger partial charge in [-0.2, -0.15) is 0 Å². The molecule has 0 aromatic heterocycles. The molecule has 1 N–H and O–H groups in total. The second-order valence-electron chi connectivity index (χ2n) is 13.3. The standard InChI is InChI=1S/C30H52O/c1-8-22(19(2)3)10-9-20(4)24-13-14-26-23-11-12-25-21(5)28(31)16-18-30(25,7)27(23)15-17-29(24,26)6/h11,19-22,24-28,31H,8-10,12-18H2,1-7H3/t20-,21-,22-,24-,25-,26+,27+,28-,29-,30+/m1/s1. The van der Waals surface area contributed by atoms with E-state index in [-0.39, 0.29) is 6.10 Å². The summed E-state index contributed by atoms with van der Waals surface area (Å²) in [5.74, 6) is 6.31. The van der Waals surface area contributed by atoms with Crippen LogP contribution in [0.2, 0.25) is 0 Å². The molecule has 1 heteroatoms. The van der Waals surface area contributed by atoms with Crippen LogP contribution in [-0.4, -0.2) is 11.2 Å². The van der Waals surface area contributed by atoms with Crippen molar-refractivity contribution in [2.45, 2.75) is 119 Å². The van der Waals surface area contributed by atoms with Crippen LogP contribution >= 0.6 is 0 Å². The highest BCUT2D eigenvalue weighted by atomic mass is 16.3. The van der Waals surface area contributed by atoms with E-state index in [4.69, 9.17) is 0 Å². The van der Waals surface area contributed by atoms with Crippen molar-refractivity contribution >= 4 is 0 Å². The highest BCUT2D eigenvalue weighted by molar-refractivity contribution is 5.28. The van der Waals surface area contributed by atoms with Gasteiger partial charge in [0, 0.05) is 0 Å². The van der Waals surface area contributed by atoms with E-state index in [1.165, 1.54) is 57.8 Å². The predicted octanol–water partition coefficient (Wildman–Crippen LogP) is 8.27. The van der Waals surface area contributed by atoms with Crippen molar-refractivity contribution in [3.63, 3.8) is 0 Å². The number of aliphatic hydroxyl groups excluding tert-OH is 1. The highest BCUT2D eigenvalue weighted by Crippen LogP contribution is 2.67. The molecule has 0 unspecified atom stereocenters. The average Bonchev–Trinajstić information content (AvgIpc) is 3.08. The molecule has 0 saturated heterocycles. The Labute approximate surface area is 193 Å². The van der Waals surface area contributed by atoms with Crippen molar-refractivity contribution in [3.05, 3.63) is 11.6 Å². The zero-order chi connectivity index (χ0) is 22.6. The predicted molar refractivity (Wildman–Crippen MR) is 133 cm³/mol. The summed E-state index contributed by atoms with van der Waals surface area (Å²) in [7, 11) is 0. The maximum absolute atomic E-state index is 10.5. The number of hydrogen-bond acceptors (Lipinski definition) is 1. The number of allylic oxidation sites excluding steroid dienone is 2. The van der Waals surface area contributed by atoms with Crippen LogP contribution in [0.15, 0.2) is 11.6 Å². The average molecular weight is 429 g/mol. The lowest BCUT2D eigenvalue weighted by Gasteiger charge is -2.59. The van der Waals surface area contributed by atoms with Crippen LogP contribution in [0.25, 0.3) is 0 Å². The molecule has 0 amide bonds. The SMILES string of the molecule is CC[C@H](CC[C@@H](C)[C@H]1CC[C@H]2C3=CC[C@@H]4[C@@H](C)[C@H](O)CC[C@]4(C)[C@H]3CC[C@]12C)C(C)C. The van der Waals surface area contributed by atoms with Crippen molar-refractivity contribution < 1.29 is 5.11 Å². The Kier molecular flexibility index (Phi) is 6.78. The Morgan fingerprint density at radius 3 is 2.32 bits per heavy atom. The van der Waals surface area contributed by atoms with Crippen LogP contribution in [-0.2, 0) is 0 Å². The fourth-order valence-corrected chi connectivity index (χ4v) is 9.61. The largest absolute Gasteiger partial charge is 0.393 e. The fourth-order valence-electron chi connectivity index (χ4n) is 9.61. The van der Waals surface area contributed by atoms with E-state index in [1.807, 2.05) is 5.57 Å². The van der Waals surface area contributed by atoms with Crippen LogP contribution in [0.4, 0.5) is 0 Å². The van der Waals surface area contributed by atoms with Crippen LogP contribution in [0.5, 0.6) is 0 Å². The lowest BCUT2D eigenvalue weighted by atomic mass is 9.46. The summed E-state index contributed by atoms with van der Waals surface area (Å²) in [6.45, 7) is 17.4. The Balaban J connectivity index is 1.50. The molecule has 4 rings (SSSR count). The van der Waals surface area contributed by atoms with Crippen LogP contribution in [0.3, 0.4) is 0 Å². The first-order valence-corrected chi connectivity index (χ1v) is 14.0. The molecule has 0 aromatic carbocycles. The molecule has 0 aromatic rings. The minimum Gasteiger partial charge on any atom is -0.393 e. The fraction of sp³-hybridized carbons (Fsp3) is 0.933. The first-order chi connectivity index (χ1) is 14.6. The Hall–Kier alpha value is -0.300. The summed E-state index contributed by atoms with van der Waals surface area (Å²) in [4.78, 5) is 0. The molecule has 0 bridgehead atoms. The molecule has 10 atom stereocenters. The number of fused-ring (bicyclic) bond motifs is 5. The monoisotopic (exact) mass is 428 g/mol. The van der Waals surface area contributed by atoms with Crippen molar-refractivity contribution in [1.29, 1.82) is 0 Å². The Morgan fingerprint density at radius 2 is 1.65 bits per heavy atom. The Morgan fingerprint density at radius 1 is 0.968 bits per heavy atom.